The summed E-state index contributed by atoms with van der Waals surface area (Å²) >= 11 is 0. The zero-order chi connectivity index (χ0) is 18.7. The zero-order valence-corrected chi connectivity index (χ0v) is 14.5. The topological polar surface area (TPSA) is 69.6 Å². The molecule has 0 radical (unpaired) electrons. The predicted octanol–water partition coefficient (Wildman–Crippen LogP) is 4.01. The van der Waals surface area contributed by atoms with Crippen molar-refractivity contribution in [3.8, 4) is 0 Å². The maximum absolute atomic E-state index is 13.0. The highest BCUT2D eigenvalue weighted by Gasteiger charge is 2.20. The first kappa shape index (κ1) is 17.9. The minimum atomic E-state index is -1.11. The summed E-state index contributed by atoms with van der Waals surface area (Å²) in [5.41, 5.74) is 1.36. The molecule has 2 N–H and O–H groups in total. The van der Waals surface area contributed by atoms with Crippen LogP contribution < -0.4 is 10.2 Å². The molecule has 1 heterocycles. The lowest BCUT2D eigenvalue weighted by atomic mass is 9.99. The van der Waals surface area contributed by atoms with E-state index >= 15 is 0 Å². The molecule has 0 aliphatic carbocycles. The van der Waals surface area contributed by atoms with E-state index in [-0.39, 0.29) is 16.8 Å². The Morgan fingerprint density at radius 2 is 1.92 bits per heavy atom. The maximum atomic E-state index is 13.0. The van der Waals surface area contributed by atoms with Crippen molar-refractivity contribution in [1.82, 2.24) is 0 Å². The lowest BCUT2D eigenvalue weighted by Gasteiger charge is -2.33. The number of rotatable bonds is 4. The molecule has 1 fully saturated rings. The number of piperidine rings is 1. The second-order valence-corrected chi connectivity index (χ2v) is 6.69. The van der Waals surface area contributed by atoms with Gasteiger partial charge in [0, 0.05) is 24.3 Å². The predicted molar refractivity (Wildman–Crippen MR) is 98.4 cm³/mol. The Labute approximate surface area is 151 Å². The van der Waals surface area contributed by atoms with Crippen molar-refractivity contribution in [1.29, 1.82) is 0 Å². The highest BCUT2D eigenvalue weighted by Crippen LogP contribution is 2.27. The Hall–Kier alpha value is -2.89. The third-order valence-electron chi connectivity index (χ3n) is 4.61. The summed E-state index contributed by atoms with van der Waals surface area (Å²) in [6.45, 7) is 3.96. The number of amides is 1. The number of hydrogen-bond donors (Lipinski definition) is 2. The molecule has 1 aliphatic heterocycles. The van der Waals surface area contributed by atoms with E-state index in [2.05, 4.69) is 17.1 Å². The molecule has 3 rings (SSSR count). The van der Waals surface area contributed by atoms with E-state index in [1.807, 2.05) is 6.07 Å². The second-order valence-electron chi connectivity index (χ2n) is 6.69. The van der Waals surface area contributed by atoms with Gasteiger partial charge in [0.1, 0.15) is 5.82 Å². The fourth-order valence-electron chi connectivity index (χ4n) is 3.23. The van der Waals surface area contributed by atoms with Gasteiger partial charge in [-0.2, -0.15) is 0 Å². The second kappa shape index (κ2) is 7.56. The first-order valence-corrected chi connectivity index (χ1v) is 8.63. The number of hydrogen-bond acceptors (Lipinski definition) is 3. The van der Waals surface area contributed by atoms with Crippen molar-refractivity contribution in [3.63, 3.8) is 0 Å². The summed E-state index contributed by atoms with van der Waals surface area (Å²) in [6.07, 6.45) is 2.25. The third-order valence-corrected chi connectivity index (χ3v) is 4.61. The van der Waals surface area contributed by atoms with Crippen LogP contribution in [-0.4, -0.2) is 30.1 Å². The average Bonchev–Trinajstić information content (AvgIpc) is 2.62. The largest absolute Gasteiger partial charge is 0.478 e. The number of nitrogens with one attached hydrogen (secondary N) is 1. The molecule has 0 aromatic heterocycles. The molecule has 6 heteroatoms. The Morgan fingerprint density at radius 3 is 2.58 bits per heavy atom. The Morgan fingerprint density at radius 1 is 1.19 bits per heavy atom. The summed E-state index contributed by atoms with van der Waals surface area (Å²) in [7, 11) is 0. The zero-order valence-electron chi connectivity index (χ0n) is 14.5. The minimum absolute atomic E-state index is 0.0381. The van der Waals surface area contributed by atoms with Gasteiger partial charge in [-0.1, -0.05) is 6.92 Å². The van der Waals surface area contributed by atoms with Crippen LogP contribution in [0.2, 0.25) is 0 Å². The first-order chi connectivity index (χ1) is 12.4. The average molecular weight is 356 g/mol. The van der Waals surface area contributed by atoms with Crippen LogP contribution in [0, 0.1) is 11.7 Å². The number of nitrogens with zero attached hydrogens (tertiary/aromatic N) is 1. The summed E-state index contributed by atoms with van der Waals surface area (Å²) < 4.78 is 13.0. The molecule has 0 bridgehead atoms. The highest BCUT2D eigenvalue weighted by atomic mass is 19.1. The van der Waals surface area contributed by atoms with E-state index in [4.69, 9.17) is 0 Å². The monoisotopic (exact) mass is 356 g/mol. The van der Waals surface area contributed by atoms with Crippen molar-refractivity contribution in [2.75, 3.05) is 23.3 Å². The van der Waals surface area contributed by atoms with E-state index < -0.39 is 17.7 Å². The first-order valence-electron chi connectivity index (χ1n) is 8.63. The molecule has 26 heavy (non-hydrogen) atoms. The van der Waals surface area contributed by atoms with Gasteiger partial charge in [0.15, 0.2) is 0 Å². The van der Waals surface area contributed by atoms with E-state index in [1.165, 1.54) is 30.7 Å². The van der Waals surface area contributed by atoms with Crippen LogP contribution in [-0.2, 0) is 0 Å². The van der Waals surface area contributed by atoms with Crippen LogP contribution >= 0.6 is 0 Å². The molecule has 136 valence electrons. The number of halogens is 1. The Kier molecular flexibility index (Phi) is 5.21. The van der Waals surface area contributed by atoms with Gasteiger partial charge in [0.2, 0.25) is 0 Å². The van der Waals surface area contributed by atoms with Gasteiger partial charge in [0.25, 0.3) is 5.91 Å². The van der Waals surface area contributed by atoms with Crippen molar-refractivity contribution in [2.45, 2.75) is 19.8 Å². The van der Waals surface area contributed by atoms with Crippen LogP contribution in [0.1, 0.15) is 40.5 Å². The van der Waals surface area contributed by atoms with Gasteiger partial charge in [-0.25, -0.2) is 9.18 Å². The standard InChI is InChI=1S/C20H21FN2O3/c1-13-3-2-10-23(12-13)16-8-9-18(17(11-16)20(25)26)22-19(24)14-4-6-15(21)7-5-14/h4-9,11,13H,2-3,10,12H2,1H3,(H,22,24)(H,25,26)/t13-/m0/s1. The van der Waals surface area contributed by atoms with Gasteiger partial charge in [-0.05, 0) is 61.2 Å². The third kappa shape index (κ3) is 4.02. The van der Waals surface area contributed by atoms with Crippen LogP contribution in [0.3, 0.4) is 0 Å². The van der Waals surface area contributed by atoms with Crippen LogP contribution in [0.25, 0.3) is 0 Å². The van der Waals surface area contributed by atoms with Gasteiger partial charge in [0.05, 0.1) is 11.3 Å². The van der Waals surface area contributed by atoms with Crippen LogP contribution in [0.15, 0.2) is 42.5 Å². The fourth-order valence-corrected chi connectivity index (χ4v) is 3.23. The number of carboxylic acid groups (broad SMARTS) is 1. The number of anilines is 2. The number of carboxylic acids is 1. The number of carbonyl (C=O) groups excluding carboxylic acids is 1. The summed E-state index contributed by atoms with van der Waals surface area (Å²) in [5, 5.41) is 12.1. The summed E-state index contributed by atoms with van der Waals surface area (Å²) in [6, 6.07) is 10.1. The smallest absolute Gasteiger partial charge is 0.337 e. The molecule has 2 aromatic rings. The van der Waals surface area contributed by atoms with Gasteiger partial charge in [-0.15, -0.1) is 0 Å². The SMILES string of the molecule is C[C@H]1CCCN(c2ccc(NC(=O)c3ccc(F)cc3)c(C(=O)O)c2)C1. The Balaban J connectivity index is 1.84. The quantitative estimate of drug-likeness (QED) is 0.868. The molecule has 0 unspecified atom stereocenters. The van der Waals surface area contributed by atoms with Crippen molar-refractivity contribution in [2.24, 2.45) is 5.92 Å². The van der Waals surface area contributed by atoms with E-state index in [9.17, 15) is 19.1 Å². The van der Waals surface area contributed by atoms with Gasteiger partial charge < -0.3 is 15.3 Å². The lowest BCUT2D eigenvalue weighted by Crippen LogP contribution is -2.34. The molecule has 2 aromatic carbocycles. The minimum Gasteiger partial charge on any atom is -0.478 e. The van der Waals surface area contributed by atoms with Crippen molar-refractivity contribution >= 4 is 23.3 Å². The van der Waals surface area contributed by atoms with E-state index in [0.29, 0.717) is 5.92 Å². The lowest BCUT2D eigenvalue weighted by molar-refractivity contribution is 0.0698. The normalized spacial score (nSPS) is 17.0. The molecule has 0 saturated carbocycles. The number of carbonyl (C=O) groups is 2. The van der Waals surface area contributed by atoms with Crippen LogP contribution in [0.5, 0.6) is 0 Å². The molecule has 1 saturated heterocycles. The maximum Gasteiger partial charge on any atom is 0.337 e. The highest BCUT2D eigenvalue weighted by molar-refractivity contribution is 6.08. The van der Waals surface area contributed by atoms with E-state index in [0.717, 1.165) is 25.2 Å². The molecule has 1 atom stereocenters. The molecule has 1 aliphatic rings. The number of benzene rings is 2. The molecular formula is C20H21FN2O3. The van der Waals surface area contributed by atoms with Gasteiger partial charge in [-0.3, -0.25) is 4.79 Å². The molecule has 1 amide bonds. The molecule has 5 nitrogen and oxygen atoms in total. The van der Waals surface area contributed by atoms with Crippen molar-refractivity contribution in [3.05, 3.63) is 59.4 Å². The van der Waals surface area contributed by atoms with E-state index in [1.54, 1.807) is 12.1 Å². The van der Waals surface area contributed by atoms with Gasteiger partial charge >= 0.3 is 5.97 Å². The number of aromatic carboxylic acids is 1. The van der Waals surface area contributed by atoms with Crippen molar-refractivity contribution < 1.29 is 19.1 Å². The Bertz CT molecular complexity index is 820. The molecular weight excluding hydrogens is 335 g/mol. The fraction of sp³-hybridized carbons (Fsp3) is 0.300. The molecule has 0 spiro atoms. The summed E-state index contributed by atoms with van der Waals surface area (Å²) in [4.78, 5) is 26.1. The summed E-state index contributed by atoms with van der Waals surface area (Å²) in [5.74, 6) is -1.46. The van der Waals surface area contributed by atoms with Crippen LogP contribution in [0.4, 0.5) is 15.8 Å².